The van der Waals surface area contributed by atoms with Gasteiger partial charge in [0.2, 0.25) is 0 Å². The number of allylic oxidation sites excluding steroid dienone is 1. The molecule has 0 amide bonds. The van der Waals surface area contributed by atoms with Gasteiger partial charge in [-0.05, 0) is 28.3 Å². The van der Waals surface area contributed by atoms with E-state index in [0.29, 0.717) is 6.42 Å². The van der Waals surface area contributed by atoms with Crippen molar-refractivity contribution in [1.29, 1.82) is 0 Å². The van der Waals surface area contributed by atoms with Crippen molar-refractivity contribution < 1.29 is 9.90 Å². The van der Waals surface area contributed by atoms with Crippen LogP contribution in [-0.4, -0.2) is 11.1 Å². The summed E-state index contributed by atoms with van der Waals surface area (Å²) < 4.78 is 0. The summed E-state index contributed by atoms with van der Waals surface area (Å²) in [6.07, 6.45) is 0.616. The van der Waals surface area contributed by atoms with Gasteiger partial charge in [-0.15, -0.1) is 0 Å². The van der Waals surface area contributed by atoms with E-state index in [-0.39, 0.29) is 6.42 Å². The molecule has 2 heteroatoms. The number of carboxylic acid groups (broad SMARTS) is 1. The van der Waals surface area contributed by atoms with Gasteiger partial charge < -0.3 is 5.11 Å². The molecule has 2 rings (SSSR count). The van der Waals surface area contributed by atoms with Gasteiger partial charge in [0.05, 0.1) is 0 Å². The van der Waals surface area contributed by atoms with Crippen LogP contribution in [0.25, 0.3) is 16.3 Å². The van der Waals surface area contributed by atoms with Crippen LogP contribution in [0.3, 0.4) is 0 Å². The van der Waals surface area contributed by atoms with Gasteiger partial charge in [-0.1, -0.05) is 49.0 Å². The maximum Gasteiger partial charge on any atom is 0.303 e. The summed E-state index contributed by atoms with van der Waals surface area (Å²) in [4.78, 5) is 10.6. The third kappa shape index (κ3) is 2.53. The SMILES string of the molecule is C=C(CCC(=O)O)c1cccc2ccccc12. The summed E-state index contributed by atoms with van der Waals surface area (Å²) >= 11 is 0. The first-order valence-electron chi connectivity index (χ1n) is 5.56. The second-order valence-electron chi connectivity index (χ2n) is 4.02. The van der Waals surface area contributed by atoms with Crippen LogP contribution < -0.4 is 0 Å². The van der Waals surface area contributed by atoms with Crippen LogP contribution in [0.5, 0.6) is 0 Å². The lowest BCUT2D eigenvalue weighted by Crippen LogP contribution is -1.95. The van der Waals surface area contributed by atoms with Gasteiger partial charge in [-0.3, -0.25) is 4.79 Å². The summed E-state index contributed by atoms with van der Waals surface area (Å²) in [6.45, 7) is 3.98. The Labute approximate surface area is 100 Å². The predicted octanol–water partition coefficient (Wildman–Crippen LogP) is 3.72. The van der Waals surface area contributed by atoms with Crippen LogP contribution in [-0.2, 0) is 4.79 Å². The number of carbonyl (C=O) groups is 1. The standard InChI is InChI=1S/C15H14O2/c1-11(9-10-15(16)17)13-8-4-6-12-5-2-3-7-14(12)13/h2-8H,1,9-10H2,(H,16,17). The minimum atomic E-state index is -0.786. The van der Waals surface area contributed by atoms with Crippen molar-refractivity contribution in [3.8, 4) is 0 Å². The van der Waals surface area contributed by atoms with E-state index in [0.717, 1.165) is 21.9 Å². The zero-order valence-corrected chi connectivity index (χ0v) is 9.52. The predicted molar refractivity (Wildman–Crippen MR) is 69.9 cm³/mol. The summed E-state index contributed by atoms with van der Waals surface area (Å²) in [5, 5.41) is 11.0. The number of hydrogen-bond donors (Lipinski definition) is 1. The fraction of sp³-hybridized carbons (Fsp3) is 0.133. The van der Waals surface area contributed by atoms with E-state index in [4.69, 9.17) is 5.11 Å². The molecule has 0 unspecified atom stereocenters. The lowest BCUT2D eigenvalue weighted by Gasteiger charge is -2.08. The van der Waals surface area contributed by atoms with Crippen molar-refractivity contribution in [3.05, 3.63) is 54.6 Å². The van der Waals surface area contributed by atoms with Gasteiger partial charge in [-0.25, -0.2) is 0 Å². The lowest BCUT2D eigenvalue weighted by molar-refractivity contribution is -0.136. The van der Waals surface area contributed by atoms with E-state index in [2.05, 4.69) is 6.58 Å². The largest absolute Gasteiger partial charge is 0.481 e. The molecule has 0 saturated heterocycles. The Morgan fingerprint density at radius 2 is 1.76 bits per heavy atom. The molecule has 0 aliphatic carbocycles. The molecule has 1 N–H and O–H groups in total. The van der Waals surface area contributed by atoms with E-state index in [9.17, 15) is 4.79 Å². The van der Waals surface area contributed by atoms with Crippen molar-refractivity contribution in [1.82, 2.24) is 0 Å². The van der Waals surface area contributed by atoms with Gasteiger partial charge in [0.25, 0.3) is 0 Å². The average molecular weight is 226 g/mol. The first-order chi connectivity index (χ1) is 8.18. The number of fused-ring (bicyclic) bond motifs is 1. The first kappa shape index (κ1) is 11.4. The highest BCUT2D eigenvalue weighted by Gasteiger charge is 2.06. The molecule has 2 aromatic rings. The highest BCUT2D eigenvalue weighted by Crippen LogP contribution is 2.26. The second kappa shape index (κ2) is 4.83. The quantitative estimate of drug-likeness (QED) is 0.862. The number of rotatable bonds is 4. The molecule has 86 valence electrons. The fourth-order valence-electron chi connectivity index (χ4n) is 1.93. The molecule has 0 fully saturated rings. The zero-order valence-electron chi connectivity index (χ0n) is 9.52. The molecular formula is C15H14O2. The fourth-order valence-corrected chi connectivity index (χ4v) is 1.93. The Balaban J connectivity index is 2.35. The van der Waals surface area contributed by atoms with Crippen LogP contribution >= 0.6 is 0 Å². The first-order valence-corrected chi connectivity index (χ1v) is 5.56. The molecule has 0 saturated carbocycles. The minimum absolute atomic E-state index is 0.127. The van der Waals surface area contributed by atoms with Crippen molar-refractivity contribution in [3.63, 3.8) is 0 Å². The topological polar surface area (TPSA) is 37.3 Å². The van der Waals surface area contributed by atoms with Crippen LogP contribution in [0.2, 0.25) is 0 Å². The van der Waals surface area contributed by atoms with E-state index < -0.39 is 5.97 Å². The highest BCUT2D eigenvalue weighted by atomic mass is 16.4. The Hall–Kier alpha value is -2.09. The normalized spacial score (nSPS) is 10.4. The molecule has 0 aliphatic rings. The molecule has 0 aromatic heterocycles. The molecule has 0 spiro atoms. The van der Waals surface area contributed by atoms with Crippen LogP contribution in [0.4, 0.5) is 0 Å². The van der Waals surface area contributed by atoms with Crippen LogP contribution in [0.15, 0.2) is 49.0 Å². The number of aliphatic carboxylic acids is 1. The molecule has 2 nitrogen and oxygen atoms in total. The number of benzene rings is 2. The average Bonchev–Trinajstić information content (AvgIpc) is 2.35. The Kier molecular flexibility index (Phi) is 3.24. The molecule has 17 heavy (non-hydrogen) atoms. The van der Waals surface area contributed by atoms with Crippen molar-refractivity contribution in [2.24, 2.45) is 0 Å². The smallest absolute Gasteiger partial charge is 0.303 e. The van der Waals surface area contributed by atoms with E-state index in [1.165, 1.54) is 0 Å². The summed E-state index contributed by atoms with van der Waals surface area (Å²) in [5.74, 6) is -0.786. The summed E-state index contributed by atoms with van der Waals surface area (Å²) in [6, 6.07) is 14.1. The molecule has 0 bridgehead atoms. The van der Waals surface area contributed by atoms with Gasteiger partial charge in [0.15, 0.2) is 0 Å². The molecule has 0 heterocycles. The molecule has 2 aromatic carbocycles. The third-order valence-electron chi connectivity index (χ3n) is 2.81. The lowest BCUT2D eigenvalue weighted by atomic mass is 9.96. The van der Waals surface area contributed by atoms with Crippen molar-refractivity contribution >= 4 is 22.3 Å². The van der Waals surface area contributed by atoms with E-state index >= 15 is 0 Å². The van der Waals surface area contributed by atoms with Gasteiger partial charge >= 0.3 is 5.97 Å². The Morgan fingerprint density at radius 1 is 1.06 bits per heavy atom. The summed E-state index contributed by atoms with van der Waals surface area (Å²) in [5.41, 5.74) is 1.92. The number of carboxylic acids is 1. The molecule has 0 atom stereocenters. The zero-order chi connectivity index (χ0) is 12.3. The van der Waals surface area contributed by atoms with Crippen LogP contribution in [0.1, 0.15) is 18.4 Å². The second-order valence-corrected chi connectivity index (χ2v) is 4.02. The minimum Gasteiger partial charge on any atom is -0.481 e. The maximum absolute atomic E-state index is 10.6. The molecular weight excluding hydrogens is 212 g/mol. The third-order valence-corrected chi connectivity index (χ3v) is 2.81. The van der Waals surface area contributed by atoms with E-state index in [1.54, 1.807) is 0 Å². The molecule has 0 radical (unpaired) electrons. The Bertz CT molecular complexity index is 565. The van der Waals surface area contributed by atoms with Crippen molar-refractivity contribution in [2.45, 2.75) is 12.8 Å². The van der Waals surface area contributed by atoms with E-state index in [1.807, 2.05) is 42.5 Å². The monoisotopic (exact) mass is 226 g/mol. The van der Waals surface area contributed by atoms with Gasteiger partial charge in [-0.2, -0.15) is 0 Å². The number of hydrogen-bond acceptors (Lipinski definition) is 1. The van der Waals surface area contributed by atoms with Gasteiger partial charge in [0, 0.05) is 6.42 Å². The maximum atomic E-state index is 10.6. The van der Waals surface area contributed by atoms with Gasteiger partial charge in [0.1, 0.15) is 0 Å². The Morgan fingerprint density at radius 3 is 2.53 bits per heavy atom. The summed E-state index contributed by atoms with van der Waals surface area (Å²) in [7, 11) is 0. The molecule has 0 aliphatic heterocycles. The van der Waals surface area contributed by atoms with Crippen molar-refractivity contribution in [2.75, 3.05) is 0 Å². The van der Waals surface area contributed by atoms with Crippen LogP contribution in [0, 0.1) is 0 Å². The highest BCUT2D eigenvalue weighted by molar-refractivity contribution is 5.93.